The molecule has 0 fully saturated rings. The molecule has 0 atom stereocenters. The van der Waals surface area contributed by atoms with Crippen LogP contribution in [0.3, 0.4) is 0 Å². The van der Waals surface area contributed by atoms with E-state index in [2.05, 4.69) is 27.0 Å². The molecule has 0 spiro atoms. The van der Waals surface area contributed by atoms with Gasteiger partial charge in [-0.3, -0.25) is 0 Å². The van der Waals surface area contributed by atoms with Crippen LogP contribution in [0.1, 0.15) is 17.7 Å². The molecule has 1 aromatic carbocycles. The predicted molar refractivity (Wildman–Crippen MR) is 69.8 cm³/mol. The summed E-state index contributed by atoms with van der Waals surface area (Å²) in [5.41, 5.74) is 4.66. The van der Waals surface area contributed by atoms with E-state index in [-0.39, 0.29) is 0 Å². The van der Waals surface area contributed by atoms with Crippen molar-refractivity contribution in [3.05, 3.63) is 42.0 Å². The van der Waals surface area contributed by atoms with Crippen molar-refractivity contribution in [1.29, 1.82) is 0 Å². The van der Waals surface area contributed by atoms with Crippen molar-refractivity contribution in [2.45, 2.75) is 19.4 Å². The second-order valence-electron chi connectivity index (χ2n) is 4.49. The molecule has 17 heavy (non-hydrogen) atoms. The average Bonchev–Trinajstić information content (AvgIpc) is 2.82. The molecule has 1 aliphatic heterocycles. The fraction of sp³-hybridized carbons (Fsp3) is 0.308. The summed E-state index contributed by atoms with van der Waals surface area (Å²) in [4.78, 5) is 9.59. The van der Waals surface area contributed by atoms with E-state index in [1.165, 1.54) is 17.7 Å². The van der Waals surface area contributed by atoms with Gasteiger partial charge in [0, 0.05) is 18.4 Å². The van der Waals surface area contributed by atoms with Crippen LogP contribution < -0.4 is 10.4 Å². The molecule has 0 saturated heterocycles. The summed E-state index contributed by atoms with van der Waals surface area (Å²) in [5, 5.41) is 0. The average molecular weight is 223 g/mol. The highest BCUT2D eigenvalue weighted by Crippen LogP contribution is 2.26. The zero-order valence-corrected chi connectivity index (χ0v) is 9.69. The minimum absolute atomic E-state index is 0.854. The van der Waals surface area contributed by atoms with E-state index in [0.717, 1.165) is 30.7 Å². The van der Waals surface area contributed by atoms with Gasteiger partial charge in [0.2, 0.25) is 0 Å². The summed E-state index contributed by atoms with van der Waals surface area (Å²) < 4.78 is 0. The largest absolute Gasteiger partial charge is 0.365 e. The molecule has 0 amide bonds. The number of imidazole rings is 1. The van der Waals surface area contributed by atoms with Crippen LogP contribution in [0.5, 0.6) is 0 Å². The molecule has 0 aliphatic carbocycles. The third-order valence-electron chi connectivity index (χ3n) is 3.23. The van der Waals surface area contributed by atoms with E-state index in [4.69, 9.17) is 7.85 Å². The molecule has 0 saturated carbocycles. The summed E-state index contributed by atoms with van der Waals surface area (Å²) in [6.45, 7) is 1.98. The van der Waals surface area contributed by atoms with E-state index in [9.17, 15) is 0 Å². The van der Waals surface area contributed by atoms with Gasteiger partial charge in [-0.25, -0.2) is 4.98 Å². The first-order valence-corrected chi connectivity index (χ1v) is 5.93. The van der Waals surface area contributed by atoms with Crippen molar-refractivity contribution in [1.82, 2.24) is 9.97 Å². The predicted octanol–water partition coefficient (Wildman–Crippen LogP) is 1.16. The minimum atomic E-state index is 0.854. The van der Waals surface area contributed by atoms with Gasteiger partial charge in [0.05, 0.1) is 18.6 Å². The molecule has 3 nitrogen and oxygen atoms in total. The second-order valence-corrected chi connectivity index (χ2v) is 4.49. The number of H-pyrrole nitrogens is 1. The lowest BCUT2D eigenvalue weighted by molar-refractivity contribution is 0.686. The van der Waals surface area contributed by atoms with Gasteiger partial charge in [0.1, 0.15) is 7.85 Å². The number of aromatic amines is 1. The molecule has 4 heteroatoms. The number of nitrogens with one attached hydrogen (secondary N) is 1. The lowest BCUT2D eigenvalue weighted by Gasteiger charge is -2.31. The fourth-order valence-electron chi connectivity index (χ4n) is 2.44. The van der Waals surface area contributed by atoms with Crippen molar-refractivity contribution in [3.8, 4) is 0 Å². The van der Waals surface area contributed by atoms with Gasteiger partial charge in [-0.1, -0.05) is 17.6 Å². The van der Waals surface area contributed by atoms with E-state index in [1.807, 2.05) is 12.3 Å². The first-order chi connectivity index (χ1) is 8.33. The summed E-state index contributed by atoms with van der Waals surface area (Å²) in [7, 11) is 5.83. The van der Waals surface area contributed by atoms with Gasteiger partial charge in [-0.05, 0) is 24.5 Å². The van der Waals surface area contributed by atoms with Crippen LogP contribution in [0.25, 0.3) is 0 Å². The highest BCUT2D eigenvalue weighted by Gasteiger charge is 2.16. The number of hydrogen-bond donors (Lipinski definition) is 1. The maximum Gasteiger partial charge on any atom is 0.113 e. The van der Waals surface area contributed by atoms with Gasteiger partial charge in [0.15, 0.2) is 0 Å². The molecular formula is C13H14BN3. The van der Waals surface area contributed by atoms with Crippen LogP contribution in [-0.4, -0.2) is 24.4 Å². The summed E-state index contributed by atoms with van der Waals surface area (Å²) in [5.74, 6) is 0. The molecule has 1 aliphatic rings. The summed E-state index contributed by atoms with van der Waals surface area (Å²) in [6.07, 6.45) is 5.92. The Kier molecular flexibility index (Phi) is 2.63. The Labute approximate surface area is 102 Å². The fourth-order valence-corrected chi connectivity index (χ4v) is 2.44. The van der Waals surface area contributed by atoms with Crippen LogP contribution in [0.4, 0.5) is 5.69 Å². The highest BCUT2D eigenvalue weighted by molar-refractivity contribution is 6.32. The van der Waals surface area contributed by atoms with Gasteiger partial charge in [0.25, 0.3) is 0 Å². The SMILES string of the molecule is [B]c1ccc2c(c1)CCCN2Cc1cnc[nH]1. The molecule has 2 radical (unpaired) electrons. The Hall–Kier alpha value is -1.71. The smallest absolute Gasteiger partial charge is 0.113 e. The van der Waals surface area contributed by atoms with E-state index < -0.39 is 0 Å². The van der Waals surface area contributed by atoms with E-state index >= 15 is 0 Å². The maximum absolute atomic E-state index is 5.83. The standard InChI is InChI=1S/C13H14BN3/c14-11-3-4-13-10(6-11)2-1-5-17(13)8-12-7-15-9-16-12/h3-4,6-7,9H,1-2,5,8H2,(H,15,16). The molecule has 2 aromatic rings. The van der Waals surface area contributed by atoms with Gasteiger partial charge < -0.3 is 9.88 Å². The number of aromatic nitrogens is 2. The molecule has 0 bridgehead atoms. The summed E-state index contributed by atoms with van der Waals surface area (Å²) >= 11 is 0. The maximum atomic E-state index is 5.83. The van der Waals surface area contributed by atoms with Crippen LogP contribution >= 0.6 is 0 Å². The second kappa shape index (κ2) is 4.28. The molecular weight excluding hydrogens is 209 g/mol. The van der Waals surface area contributed by atoms with Gasteiger partial charge in [-0.15, -0.1) is 0 Å². The van der Waals surface area contributed by atoms with Crippen molar-refractivity contribution >= 4 is 19.0 Å². The number of aryl methyl sites for hydroxylation is 1. The monoisotopic (exact) mass is 223 g/mol. The molecule has 0 unspecified atom stereocenters. The zero-order valence-electron chi connectivity index (χ0n) is 9.69. The van der Waals surface area contributed by atoms with E-state index in [1.54, 1.807) is 6.33 Å². The third kappa shape index (κ3) is 2.07. The lowest BCUT2D eigenvalue weighted by Crippen LogP contribution is -2.29. The van der Waals surface area contributed by atoms with Crippen LogP contribution in [0.15, 0.2) is 30.7 Å². The number of fused-ring (bicyclic) bond motifs is 1. The van der Waals surface area contributed by atoms with Crippen LogP contribution in [0.2, 0.25) is 0 Å². The van der Waals surface area contributed by atoms with Crippen LogP contribution in [-0.2, 0) is 13.0 Å². The van der Waals surface area contributed by atoms with E-state index in [0.29, 0.717) is 0 Å². The first-order valence-electron chi connectivity index (χ1n) is 5.93. The highest BCUT2D eigenvalue weighted by atomic mass is 15.1. The third-order valence-corrected chi connectivity index (χ3v) is 3.23. The van der Waals surface area contributed by atoms with Gasteiger partial charge >= 0.3 is 0 Å². The zero-order chi connectivity index (χ0) is 11.7. The number of hydrogen-bond acceptors (Lipinski definition) is 2. The Bertz CT molecular complexity index is 507. The summed E-state index contributed by atoms with van der Waals surface area (Å²) in [6, 6.07) is 6.19. The minimum Gasteiger partial charge on any atom is -0.365 e. The number of rotatable bonds is 2. The quantitative estimate of drug-likeness (QED) is 0.774. The van der Waals surface area contributed by atoms with Crippen LogP contribution in [0, 0.1) is 0 Å². The Balaban J connectivity index is 1.89. The Morgan fingerprint density at radius 3 is 3.18 bits per heavy atom. The van der Waals surface area contributed by atoms with Crippen molar-refractivity contribution < 1.29 is 0 Å². The molecule has 1 aromatic heterocycles. The normalized spacial score (nSPS) is 14.7. The number of anilines is 1. The van der Waals surface area contributed by atoms with Crippen molar-refractivity contribution in [2.75, 3.05) is 11.4 Å². The topological polar surface area (TPSA) is 31.9 Å². The first kappa shape index (κ1) is 10.4. The number of nitrogens with zero attached hydrogens (tertiary/aromatic N) is 2. The molecule has 2 heterocycles. The Morgan fingerprint density at radius 2 is 2.35 bits per heavy atom. The van der Waals surface area contributed by atoms with Gasteiger partial charge in [-0.2, -0.15) is 0 Å². The molecule has 3 rings (SSSR count). The Morgan fingerprint density at radius 1 is 1.41 bits per heavy atom. The number of benzene rings is 1. The molecule has 84 valence electrons. The molecule has 1 N–H and O–H groups in total. The lowest BCUT2D eigenvalue weighted by atomic mass is 9.90. The van der Waals surface area contributed by atoms with Crippen molar-refractivity contribution in [3.63, 3.8) is 0 Å². The van der Waals surface area contributed by atoms with Crippen molar-refractivity contribution in [2.24, 2.45) is 0 Å².